The second-order valence-corrected chi connectivity index (χ2v) is 4.25. The van der Waals surface area contributed by atoms with E-state index >= 15 is 0 Å². The Kier molecular flexibility index (Phi) is 1.90. The van der Waals surface area contributed by atoms with E-state index < -0.39 is 5.60 Å². The summed E-state index contributed by atoms with van der Waals surface area (Å²) in [5, 5.41) is 10.1. The topological polar surface area (TPSA) is 42.0 Å². The summed E-state index contributed by atoms with van der Waals surface area (Å²) < 4.78 is 10.5. The average molecular weight is 172 g/mol. The van der Waals surface area contributed by atoms with Crippen LogP contribution in [0.3, 0.4) is 0 Å². The molecule has 70 valence electrons. The zero-order chi connectivity index (χ0) is 8.66. The number of hydrogen-bond donors (Lipinski definition) is 1. The molecule has 1 unspecified atom stereocenters. The van der Waals surface area contributed by atoms with Gasteiger partial charge in [-0.3, -0.25) is 0 Å². The normalized spacial score (nSPS) is 39.5. The SMILES string of the molecule is CC1(CC2(O)CCOCC2)CO1. The van der Waals surface area contributed by atoms with Gasteiger partial charge in [0.25, 0.3) is 0 Å². The fourth-order valence-corrected chi connectivity index (χ4v) is 1.85. The first-order chi connectivity index (χ1) is 5.62. The molecule has 0 aliphatic carbocycles. The molecule has 2 aliphatic heterocycles. The van der Waals surface area contributed by atoms with Crippen molar-refractivity contribution < 1.29 is 14.6 Å². The Bertz CT molecular complexity index is 169. The number of aliphatic hydroxyl groups is 1. The van der Waals surface area contributed by atoms with E-state index in [4.69, 9.17) is 9.47 Å². The smallest absolute Gasteiger partial charge is 0.0916 e. The molecular formula is C9H16O3. The number of rotatable bonds is 2. The van der Waals surface area contributed by atoms with Crippen LogP contribution < -0.4 is 0 Å². The average Bonchev–Trinajstić information content (AvgIpc) is 2.67. The second kappa shape index (κ2) is 2.69. The van der Waals surface area contributed by atoms with E-state index in [0.717, 1.165) is 25.9 Å². The van der Waals surface area contributed by atoms with Crippen LogP contribution >= 0.6 is 0 Å². The summed E-state index contributed by atoms with van der Waals surface area (Å²) in [5.41, 5.74) is -0.560. The molecule has 3 heteroatoms. The van der Waals surface area contributed by atoms with Crippen LogP contribution in [0, 0.1) is 0 Å². The van der Waals surface area contributed by atoms with Crippen LogP contribution in [0.15, 0.2) is 0 Å². The third-order valence-corrected chi connectivity index (χ3v) is 2.76. The lowest BCUT2D eigenvalue weighted by molar-refractivity contribution is -0.0776. The lowest BCUT2D eigenvalue weighted by atomic mass is 9.85. The minimum atomic E-state index is -0.524. The summed E-state index contributed by atoms with van der Waals surface area (Å²) >= 11 is 0. The maximum Gasteiger partial charge on any atom is 0.0916 e. The Morgan fingerprint density at radius 2 is 1.92 bits per heavy atom. The minimum Gasteiger partial charge on any atom is -0.390 e. The van der Waals surface area contributed by atoms with E-state index in [1.54, 1.807) is 0 Å². The molecule has 0 radical (unpaired) electrons. The highest BCUT2D eigenvalue weighted by molar-refractivity contribution is 4.96. The van der Waals surface area contributed by atoms with Gasteiger partial charge in [0, 0.05) is 19.6 Å². The number of epoxide rings is 1. The van der Waals surface area contributed by atoms with Crippen LogP contribution in [0.5, 0.6) is 0 Å². The Morgan fingerprint density at radius 1 is 1.33 bits per heavy atom. The Balaban J connectivity index is 1.90. The van der Waals surface area contributed by atoms with Gasteiger partial charge in [0.15, 0.2) is 0 Å². The van der Waals surface area contributed by atoms with Gasteiger partial charge < -0.3 is 14.6 Å². The molecule has 2 aliphatic rings. The molecule has 0 amide bonds. The van der Waals surface area contributed by atoms with Gasteiger partial charge >= 0.3 is 0 Å². The van der Waals surface area contributed by atoms with Gasteiger partial charge in [-0.15, -0.1) is 0 Å². The highest BCUT2D eigenvalue weighted by Crippen LogP contribution is 2.38. The summed E-state index contributed by atoms with van der Waals surface area (Å²) in [4.78, 5) is 0. The van der Waals surface area contributed by atoms with Gasteiger partial charge in [-0.1, -0.05) is 0 Å². The van der Waals surface area contributed by atoms with Crippen molar-refractivity contribution in [3.05, 3.63) is 0 Å². The lowest BCUT2D eigenvalue weighted by Crippen LogP contribution is -2.39. The Labute approximate surface area is 72.7 Å². The van der Waals surface area contributed by atoms with E-state index in [9.17, 15) is 5.11 Å². The quantitative estimate of drug-likeness (QED) is 0.624. The second-order valence-electron chi connectivity index (χ2n) is 4.25. The molecule has 3 nitrogen and oxygen atoms in total. The van der Waals surface area contributed by atoms with Crippen LogP contribution in [-0.4, -0.2) is 36.1 Å². The molecule has 2 rings (SSSR count). The van der Waals surface area contributed by atoms with Crippen molar-refractivity contribution in [3.63, 3.8) is 0 Å². The van der Waals surface area contributed by atoms with Gasteiger partial charge in [-0.25, -0.2) is 0 Å². The summed E-state index contributed by atoms with van der Waals surface area (Å²) in [6, 6.07) is 0. The number of hydrogen-bond acceptors (Lipinski definition) is 3. The molecule has 1 N–H and O–H groups in total. The summed E-state index contributed by atoms with van der Waals surface area (Å²) in [7, 11) is 0. The fourth-order valence-electron chi connectivity index (χ4n) is 1.85. The molecule has 0 spiro atoms. The van der Waals surface area contributed by atoms with Crippen molar-refractivity contribution in [1.29, 1.82) is 0 Å². The molecular weight excluding hydrogens is 156 g/mol. The first kappa shape index (κ1) is 8.48. The van der Waals surface area contributed by atoms with Crippen LogP contribution in [0.2, 0.25) is 0 Å². The molecule has 0 aromatic carbocycles. The molecule has 1 atom stereocenters. The van der Waals surface area contributed by atoms with Crippen molar-refractivity contribution in [2.24, 2.45) is 0 Å². The standard InChI is InChI=1S/C9H16O3/c1-8(7-12-8)6-9(10)2-4-11-5-3-9/h10H,2-7H2,1H3. The number of ether oxygens (including phenoxy) is 2. The fraction of sp³-hybridized carbons (Fsp3) is 1.00. The third kappa shape index (κ3) is 1.79. The monoisotopic (exact) mass is 172 g/mol. The summed E-state index contributed by atoms with van der Waals surface area (Å²) in [6.07, 6.45) is 2.28. The highest BCUT2D eigenvalue weighted by Gasteiger charge is 2.46. The maximum atomic E-state index is 10.1. The van der Waals surface area contributed by atoms with Gasteiger partial charge in [0.1, 0.15) is 0 Å². The van der Waals surface area contributed by atoms with Crippen LogP contribution in [0.4, 0.5) is 0 Å². The zero-order valence-corrected chi connectivity index (χ0v) is 7.51. The van der Waals surface area contributed by atoms with E-state index in [0.29, 0.717) is 13.2 Å². The van der Waals surface area contributed by atoms with Crippen molar-refractivity contribution in [1.82, 2.24) is 0 Å². The maximum absolute atomic E-state index is 10.1. The minimum absolute atomic E-state index is 0.0356. The van der Waals surface area contributed by atoms with Crippen LogP contribution in [-0.2, 0) is 9.47 Å². The van der Waals surface area contributed by atoms with Gasteiger partial charge in [-0.2, -0.15) is 0 Å². The molecule has 2 heterocycles. The third-order valence-electron chi connectivity index (χ3n) is 2.76. The van der Waals surface area contributed by atoms with Crippen LogP contribution in [0.1, 0.15) is 26.2 Å². The van der Waals surface area contributed by atoms with E-state index in [-0.39, 0.29) is 5.60 Å². The van der Waals surface area contributed by atoms with Crippen molar-refractivity contribution >= 4 is 0 Å². The van der Waals surface area contributed by atoms with Gasteiger partial charge in [-0.05, 0) is 19.8 Å². The van der Waals surface area contributed by atoms with E-state index in [1.807, 2.05) is 0 Å². The largest absolute Gasteiger partial charge is 0.390 e. The van der Waals surface area contributed by atoms with E-state index in [2.05, 4.69) is 6.92 Å². The van der Waals surface area contributed by atoms with Crippen molar-refractivity contribution in [3.8, 4) is 0 Å². The highest BCUT2D eigenvalue weighted by atomic mass is 16.6. The van der Waals surface area contributed by atoms with Crippen molar-refractivity contribution in [2.75, 3.05) is 19.8 Å². The van der Waals surface area contributed by atoms with Crippen LogP contribution in [0.25, 0.3) is 0 Å². The first-order valence-corrected chi connectivity index (χ1v) is 4.56. The van der Waals surface area contributed by atoms with Gasteiger partial charge in [0.05, 0.1) is 17.8 Å². The Morgan fingerprint density at radius 3 is 2.42 bits per heavy atom. The van der Waals surface area contributed by atoms with Gasteiger partial charge in [0.2, 0.25) is 0 Å². The molecule has 0 aromatic heterocycles. The molecule has 0 aromatic rings. The summed E-state index contributed by atoms with van der Waals surface area (Å²) in [6.45, 7) is 4.23. The lowest BCUT2D eigenvalue weighted by Gasteiger charge is -2.33. The molecule has 0 bridgehead atoms. The summed E-state index contributed by atoms with van der Waals surface area (Å²) in [5.74, 6) is 0. The van der Waals surface area contributed by atoms with Crippen molar-refractivity contribution in [2.45, 2.75) is 37.4 Å². The zero-order valence-electron chi connectivity index (χ0n) is 7.51. The molecule has 0 saturated carbocycles. The molecule has 2 saturated heterocycles. The van der Waals surface area contributed by atoms with E-state index in [1.165, 1.54) is 0 Å². The molecule has 2 fully saturated rings. The predicted octanol–water partition coefficient (Wildman–Crippen LogP) is 0.707. The molecule has 12 heavy (non-hydrogen) atoms. The Hall–Kier alpha value is -0.120. The first-order valence-electron chi connectivity index (χ1n) is 4.56. The predicted molar refractivity (Wildman–Crippen MR) is 44.0 cm³/mol.